The van der Waals surface area contributed by atoms with Gasteiger partial charge in [-0.25, -0.2) is 9.48 Å². The molecule has 0 radical (unpaired) electrons. The van der Waals surface area contributed by atoms with Crippen LogP contribution in [0.15, 0.2) is 95.7 Å². The van der Waals surface area contributed by atoms with Crippen LogP contribution in [-0.4, -0.2) is 46.5 Å². The first kappa shape index (κ1) is 34.5. The van der Waals surface area contributed by atoms with E-state index in [1.165, 1.54) is 0 Å². The molecular weight excluding hydrogens is 616 g/mol. The number of pyridine rings is 1. The number of carbonyl (C=O) groups excluding carboxylic acids is 2. The number of benzene rings is 3. The van der Waals surface area contributed by atoms with E-state index in [0.29, 0.717) is 28.6 Å². The molecule has 0 atom stereocenters. The number of nitrogens with zero attached hydrogens (tertiary/aromatic N) is 4. The SMILES string of the molecule is CNC(=O)CC(=Cc1cc(COc2ccc(NC(=O)Nc3cc(C(C)(C)C)nn3-c3ccc(C)cc3)c3ccccc23)ccn1)/N=C\CN. The molecule has 0 saturated heterocycles. The van der Waals surface area contributed by atoms with Gasteiger partial charge in [-0.05, 0) is 55.0 Å². The number of aliphatic imine (C=N–C) groups is 1. The molecule has 5 aromatic rings. The Kier molecular flexibility index (Phi) is 10.8. The van der Waals surface area contributed by atoms with E-state index in [1.54, 1.807) is 30.2 Å². The van der Waals surface area contributed by atoms with Crippen LogP contribution in [0.25, 0.3) is 22.5 Å². The topological polar surface area (TPSA) is 149 Å². The molecule has 0 bridgehead atoms. The van der Waals surface area contributed by atoms with Gasteiger partial charge in [0.25, 0.3) is 0 Å². The first-order chi connectivity index (χ1) is 23.5. The number of ether oxygens (including phenoxy) is 1. The van der Waals surface area contributed by atoms with Gasteiger partial charge in [-0.3, -0.25) is 20.1 Å². The summed E-state index contributed by atoms with van der Waals surface area (Å²) >= 11 is 0. The number of carbonyl (C=O) groups is 2. The Morgan fingerprint density at radius 3 is 2.45 bits per heavy atom. The van der Waals surface area contributed by atoms with E-state index >= 15 is 0 Å². The number of amides is 3. The molecule has 0 saturated carbocycles. The van der Waals surface area contributed by atoms with Crippen LogP contribution in [0.5, 0.6) is 5.75 Å². The third-order valence-electron chi connectivity index (χ3n) is 7.67. The van der Waals surface area contributed by atoms with E-state index < -0.39 is 6.03 Å². The molecule has 0 spiro atoms. The van der Waals surface area contributed by atoms with Crippen LogP contribution in [0, 0.1) is 6.92 Å². The Morgan fingerprint density at radius 2 is 1.73 bits per heavy atom. The van der Waals surface area contributed by atoms with Gasteiger partial charge in [-0.2, -0.15) is 5.10 Å². The molecular formula is C38H42N8O3. The van der Waals surface area contributed by atoms with Crippen molar-refractivity contribution in [3.63, 3.8) is 0 Å². The van der Waals surface area contributed by atoms with Gasteiger partial charge in [0.2, 0.25) is 5.91 Å². The van der Waals surface area contributed by atoms with Gasteiger partial charge in [-0.1, -0.05) is 62.7 Å². The number of nitrogens with one attached hydrogen (secondary N) is 3. The highest BCUT2D eigenvalue weighted by Gasteiger charge is 2.22. The average molecular weight is 659 g/mol. The van der Waals surface area contributed by atoms with Crippen molar-refractivity contribution in [1.82, 2.24) is 20.1 Å². The molecule has 49 heavy (non-hydrogen) atoms. The monoisotopic (exact) mass is 658 g/mol. The normalized spacial score (nSPS) is 11.9. The maximum atomic E-state index is 13.4. The van der Waals surface area contributed by atoms with E-state index in [4.69, 9.17) is 15.6 Å². The van der Waals surface area contributed by atoms with Crippen LogP contribution in [0.3, 0.4) is 0 Å². The van der Waals surface area contributed by atoms with Crippen LogP contribution in [0.2, 0.25) is 0 Å². The smallest absolute Gasteiger partial charge is 0.324 e. The second kappa shape index (κ2) is 15.4. The summed E-state index contributed by atoms with van der Waals surface area (Å²) in [5.74, 6) is 1.07. The maximum Gasteiger partial charge on any atom is 0.324 e. The summed E-state index contributed by atoms with van der Waals surface area (Å²) in [5.41, 5.74) is 10.9. The van der Waals surface area contributed by atoms with Crippen LogP contribution >= 0.6 is 0 Å². The van der Waals surface area contributed by atoms with Crippen LogP contribution in [0.4, 0.5) is 16.3 Å². The molecule has 2 aromatic heterocycles. The second-order valence-electron chi connectivity index (χ2n) is 12.6. The Morgan fingerprint density at radius 1 is 0.980 bits per heavy atom. The lowest BCUT2D eigenvalue weighted by Gasteiger charge is -2.14. The molecule has 3 amide bonds. The molecule has 0 fully saturated rings. The first-order valence-electron chi connectivity index (χ1n) is 16.0. The van der Waals surface area contributed by atoms with Crippen molar-refractivity contribution in [2.75, 3.05) is 24.2 Å². The minimum Gasteiger partial charge on any atom is -0.488 e. The minimum absolute atomic E-state index is 0.105. The largest absolute Gasteiger partial charge is 0.488 e. The lowest BCUT2D eigenvalue weighted by molar-refractivity contribution is -0.119. The molecule has 2 heterocycles. The highest BCUT2D eigenvalue weighted by Crippen LogP contribution is 2.33. The highest BCUT2D eigenvalue weighted by atomic mass is 16.5. The fourth-order valence-corrected chi connectivity index (χ4v) is 5.05. The molecule has 11 nitrogen and oxygen atoms in total. The van der Waals surface area contributed by atoms with Gasteiger partial charge in [0.05, 0.1) is 34.9 Å². The number of rotatable bonds is 11. The van der Waals surface area contributed by atoms with Crippen molar-refractivity contribution in [1.29, 1.82) is 0 Å². The number of fused-ring (bicyclic) bond motifs is 1. The van der Waals surface area contributed by atoms with Crippen molar-refractivity contribution in [3.05, 3.63) is 113 Å². The summed E-state index contributed by atoms with van der Waals surface area (Å²) in [4.78, 5) is 34.1. The van der Waals surface area contributed by atoms with E-state index in [1.807, 2.05) is 85.8 Å². The lowest BCUT2D eigenvalue weighted by atomic mass is 9.92. The quantitative estimate of drug-likeness (QED) is 0.115. The van der Waals surface area contributed by atoms with Crippen LogP contribution < -0.4 is 26.4 Å². The van der Waals surface area contributed by atoms with Gasteiger partial charge in [-0.15, -0.1) is 0 Å². The van der Waals surface area contributed by atoms with E-state index in [0.717, 1.165) is 33.3 Å². The summed E-state index contributed by atoms with van der Waals surface area (Å²) < 4.78 is 8.03. The number of anilines is 2. The predicted molar refractivity (Wildman–Crippen MR) is 196 cm³/mol. The number of urea groups is 1. The zero-order chi connectivity index (χ0) is 35.0. The summed E-state index contributed by atoms with van der Waals surface area (Å²) in [6, 6.07) is 24.7. The lowest BCUT2D eigenvalue weighted by Crippen LogP contribution is -2.21. The number of aromatic nitrogens is 3. The van der Waals surface area contributed by atoms with E-state index in [2.05, 4.69) is 46.7 Å². The molecule has 0 aliphatic heterocycles. The second-order valence-corrected chi connectivity index (χ2v) is 12.6. The summed E-state index contributed by atoms with van der Waals surface area (Å²) in [6.45, 7) is 8.83. The fourth-order valence-electron chi connectivity index (χ4n) is 5.05. The first-order valence-corrected chi connectivity index (χ1v) is 16.0. The van der Waals surface area contributed by atoms with Gasteiger partial charge < -0.3 is 21.1 Å². The number of hydrogen-bond acceptors (Lipinski definition) is 7. The minimum atomic E-state index is -0.392. The van der Waals surface area contributed by atoms with Crippen LogP contribution in [-0.2, 0) is 16.8 Å². The third kappa shape index (κ3) is 8.96. The molecule has 5 N–H and O–H groups in total. The predicted octanol–water partition coefficient (Wildman–Crippen LogP) is 6.76. The van der Waals surface area contributed by atoms with Crippen molar-refractivity contribution >= 4 is 46.5 Å². The zero-order valence-electron chi connectivity index (χ0n) is 28.4. The Balaban J connectivity index is 1.33. The summed E-state index contributed by atoms with van der Waals surface area (Å²) in [7, 11) is 1.58. The van der Waals surface area contributed by atoms with Crippen molar-refractivity contribution in [2.45, 2.75) is 46.1 Å². The van der Waals surface area contributed by atoms with E-state index in [9.17, 15) is 9.59 Å². The van der Waals surface area contributed by atoms with Gasteiger partial charge in [0, 0.05) is 48.3 Å². The van der Waals surface area contributed by atoms with Crippen molar-refractivity contribution < 1.29 is 14.3 Å². The molecule has 0 unspecified atom stereocenters. The van der Waals surface area contributed by atoms with Gasteiger partial charge in [0.15, 0.2) is 0 Å². The standard InChI is InChI=1S/C38H42N8O3/c1-25-10-12-29(13-11-25)46-35(23-34(45-46)38(2,3)4)44-37(48)43-32-14-15-33(31-9-7-6-8-30(31)32)49-24-26-16-18-41-27(20-26)21-28(42-19-17-39)22-36(47)40-5/h6-16,18-21,23H,17,22,24,39H2,1-5H3,(H,40,47)(H2,43,44,48)/b28-21?,42-19-. The van der Waals surface area contributed by atoms with Crippen molar-refractivity contribution in [3.8, 4) is 11.4 Å². The Bertz CT molecular complexity index is 2010. The van der Waals surface area contributed by atoms with Crippen LogP contribution in [0.1, 0.15) is 49.7 Å². The summed E-state index contributed by atoms with van der Waals surface area (Å²) in [5, 5.41) is 15.1. The van der Waals surface area contributed by atoms with Gasteiger partial charge in [0.1, 0.15) is 18.2 Å². The van der Waals surface area contributed by atoms with Crippen molar-refractivity contribution in [2.24, 2.45) is 10.7 Å². The fraction of sp³-hybridized carbons (Fsp3) is 0.237. The molecule has 5 rings (SSSR count). The number of aryl methyl sites for hydroxylation is 1. The molecule has 3 aromatic carbocycles. The molecule has 252 valence electrons. The highest BCUT2D eigenvalue weighted by molar-refractivity contribution is 6.07. The molecule has 0 aliphatic rings. The Labute approximate surface area is 286 Å². The molecule has 11 heteroatoms. The van der Waals surface area contributed by atoms with Gasteiger partial charge >= 0.3 is 6.03 Å². The number of nitrogens with two attached hydrogens (primary N) is 1. The average Bonchev–Trinajstić information content (AvgIpc) is 3.51. The third-order valence-corrected chi connectivity index (χ3v) is 7.67. The van der Waals surface area contributed by atoms with E-state index in [-0.39, 0.29) is 30.9 Å². The Hall–Kier alpha value is -5.81. The molecule has 0 aliphatic carbocycles. The summed E-state index contributed by atoms with van der Waals surface area (Å²) in [6.07, 6.45) is 5.10. The zero-order valence-corrected chi connectivity index (χ0v) is 28.4. The number of hydrogen-bond donors (Lipinski definition) is 4. The maximum absolute atomic E-state index is 13.4.